The largest absolute Gasteiger partial charge is 0.491 e. The van der Waals surface area contributed by atoms with Gasteiger partial charge in [0.1, 0.15) is 12.4 Å². The molecule has 0 heterocycles. The maximum Gasteiger partial charge on any atom is 0.251 e. The Morgan fingerprint density at radius 3 is 2.71 bits per heavy atom. The van der Waals surface area contributed by atoms with Crippen LogP contribution in [0.5, 0.6) is 5.75 Å². The van der Waals surface area contributed by atoms with E-state index in [4.69, 9.17) is 9.47 Å². The Kier molecular flexibility index (Phi) is 7.79. The number of amides is 1. The Hall–Kier alpha value is -1.59. The Morgan fingerprint density at radius 2 is 2.10 bits per heavy atom. The summed E-state index contributed by atoms with van der Waals surface area (Å²) < 4.78 is 10.4. The number of hydrogen-bond acceptors (Lipinski definition) is 4. The zero-order valence-corrected chi connectivity index (χ0v) is 13.0. The summed E-state index contributed by atoms with van der Waals surface area (Å²) in [4.78, 5) is 12.2. The highest BCUT2D eigenvalue weighted by molar-refractivity contribution is 5.94. The number of carbonyl (C=O) groups excluding carboxylic acids is 1. The van der Waals surface area contributed by atoms with Gasteiger partial charge < -0.3 is 19.9 Å². The third-order valence-electron chi connectivity index (χ3n) is 2.96. The van der Waals surface area contributed by atoms with Crippen molar-refractivity contribution >= 4 is 5.91 Å². The van der Waals surface area contributed by atoms with Crippen LogP contribution in [0.15, 0.2) is 24.3 Å². The number of aliphatic hydroxyl groups is 1. The predicted molar refractivity (Wildman–Crippen MR) is 81.6 cm³/mol. The van der Waals surface area contributed by atoms with E-state index >= 15 is 0 Å². The van der Waals surface area contributed by atoms with Gasteiger partial charge in [-0.3, -0.25) is 4.79 Å². The molecule has 0 unspecified atom stereocenters. The van der Waals surface area contributed by atoms with E-state index in [1.54, 1.807) is 31.4 Å². The first kappa shape index (κ1) is 17.5. The van der Waals surface area contributed by atoms with Crippen molar-refractivity contribution in [1.82, 2.24) is 5.32 Å². The molecule has 2 N–H and O–H groups in total. The lowest BCUT2D eigenvalue weighted by atomic mass is 10.0. The van der Waals surface area contributed by atoms with Gasteiger partial charge >= 0.3 is 0 Å². The van der Waals surface area contributed by atoms with Crippen LogP contribution in [0.1, 0.15) is 30.6 Å². The van der Waals surface area contributed by atoms with Crippen LogP contribution in [-0.4, -0.2) is 44.0 Å². The average Bonchev–Trinajstić information content (AvgIpc) is 2.46. The molecule has 1 atom stereocenters. The van der Waals surface area contributed by atoms with Crippen LogP contribution in [0.3, 0.4) is 0 Å². The van der Waals surface area contributed by atoms with Crippen molar-refractivity contribution in [2.75, 3.05) is 26.9 Å². The Morgan fingerprint density at radius 1 is 1.33 bits per heavy atom. The van der Waals surface area contributed by atoms with Crippen LogP contribution < -0.4 is 10.1 Å². The second kappa shape index (κ2) is 9.37. The van der Waals surface area contributed by atoms with Gasteiger partial charge in [-0.1, -0.05) is 19.9 Å². The van der Waals surface area contributed by atoms with Gasteiger partial charge in [0, 0.05) is 12.7 Å². The molecule has 5 heteroatoms. The van der Waals surface area contributed by atoms with Crippen molar-refractivity contribution in [2.24, 2.45) is 5.92 Å². The number of ether oxygens (including phenoxy) is 2. The SMILES string of the molecule is COCCOc1cccc(C(=O)N[C@H](CO)CC(C)C)c1. The van der Waals surface area contributed by atoms with Crippen molar-refractivity contribution in [3.05, 3.63) is 29.8 Å². The van der Waals surface area contributed by atoms with Gasteiger partial charge in [0.05, 0.1) is 19.3 Å². The normalized spacial score (nSPS) is 12.2. The highest BCUT2D eigenvalue weighted by atomic mass is 16.5. The van der Waals surface area contributed by atoms with Crippen molar-refractivity contribution in [1.29, 1.82) is 0 Å². The average molecular weight is 295 g/mol. The van der Waals surface area contributed by atoms with Gasteiger partial charge in [-0.2, -0.15) is 0 Å². The summed E-state index contributed by atoms with van der Waals surface area (Å²) in [5.41, 5.74) is 0.520. The maximum atomic E-state index is 12.2. The quantitative estimate of drug-likeness (QED) is 0.682. The molecule has 5 nitrogen and oxygen atoms in total. The van der Waals surface area contributed by atoms with Crippen LogP contribution in [-0.2, 0) is 4.74 Å². The Labute approximate surface area is 126 Å². The summed E-state index contributed by atoms with van der Waals surface area (Å²) in [6.07, 6.45) is 0.742. The van der Waals surface area contributed by atoms with Crippen LogP contribution in [0.25, 0.3) is 0 Å². The van der Waals surface area contributed by atoms with E-state index < -0.39 is 0 Å². The fraction of sp³-hybridized carbons (Fsp3) is 0.562. The number of hydrogen-bond donors (Lipinski definition) is 2. The van der Waals surface area contributed by atoms with Crippen LogP contribution in [0.2, 0.25) is 0 Å². The van der Waals surface area contributed by atoms with Gasteiger partial charge in [-0.05, 0) is 30.5 Å². The first-order chi connectivity index (χ1) is 10.1. The zero-order valence-electron chi connectivity index (χ0n) is 13.0. The summed E-state index contributed by atoms with van der Waals surface area (Å²) in [5.74, 6) is 0.835. The fourth-order valence-electron chi connectivity index (χ4n) is 1.99. The standard InChI is InChI=1S/C16H25NO4/c1-12(2)9-14(11-18)17-16(19)13-5-4-6-15(10-13)21-8-7-20-3/h4-6,10,12,14,18H,7-9,11H2,1-3H3,(H,17,19)/t14-/m0/s1. The molecule has 0 radical (unpaired) electrons. The molecule has 0 aliphatic rings. The molecule has 21 heavy (non-hydrogen) atoms. The number of methoxy groups -OCH3 is 1. The van der Waals surface area contributed by atoms with E-state index in [9.17, 15) is 9.90 Å². The van der Waals surface area contributed by atoms with E-state index in [0.717, 1.165) is 6.42 Å². The smallest absolute Gasteiger partial charge is 0.251 e. The minimum Gasteiger partial charge on any atom is -0.491 e. The first-order valence-electron chi connectivity index (χ1n) is 7.20. The van der Waals surface area contributed by atoms with Crippen LogP contribution in [0, 0.1) is 5.92 Å². The Bertz CT molecular complexity index is 434. The third-order valence-corrected chi connectivity index (χ3v) is 2.96. The molecule has 118 valence electrons. The fourth-order valence-corrected chi connectivity index (χ4v) is 1.99. The molecule has 0 spiro atoms. The Balaban J connectivity index is 2.62. The number of aliphatic hydroxyl groups excluding tert-OH is 1. The van der Waals surface area contributed by atoms with Gasteiger partial charge in [-0.25, -0.2) is 0 Å². The summed E-state index contributed by atoms with van der Waals surface area (Å²) in [7, 11) is 1.61. The minimum atomic E-state index is -0.226. The van der Waals surface area contributed by atoms with Gasteiger partial charge in [0.25, 0.3) is 5.91 Å². The predicted octanol–water partition coefficient (Wildman–Crippen LogP) is 1.85. The second-order valence-corrected chi connectivity index (χ2v) is 5.35. The molecule has 0 fully saturated rings. The van der Waals surface area contributed by atoms with Crippen molar-refractivity contribution in [3.63, 3.8) is 0 Å². The van der Waals surface area contributed by atoms with E-state index in [1.807, 2.05) is 0 Å². The van der Waals surface area contributed by atoms with Crippen molar-refractivity contribution in [2.45, 2.75) is 26.3 Å². The third kappa shape index (κ3) is 6.60. The van der Waals surface area contributed by atoms with E-state index in [1.165, 1.54) is 0 Å². The zero-order chi connectivity index (χ0) is 15.7. The number of carbonyl (C=O) groups is 1. The lowest BCUT2D eigenvalue weighted by molar-refractivity contribution is 0.0907. The maximum absolute atomic E-state index is 12.2. The molecule has 1 rings (SSSR count). The monoisotopic (exact) mass is 295 g/mol. The van der Waals surface area contributed by atoms with Gasteiger partial charge in [0.2, 0.25) is 0 Å². The van der Waals surface area contributed by atoms with Gasteiger partial charge in [0.15, 0.2) is 0 Å². The molecule has 1 aromatic carbocycles. The van der Waals surface area contributed by atoms with E-state index in [0.29, 0.717) is 30.4 Å². The first-order valence-corrected chi connectivity index (χ1v) is 7.20. The molecule has 0 saturated carbocycles. The highest BCUT2D eigenvalue weighted by Gasteiger charge is 2.14. The highest BCUT2D eigenvalue weighted by Crippen LogP contribution is 2.14. The lowest BCUT2D eigenvalue weighted by Gasteiger charge is -2.18. The molecular formula is C16H25NO4. The molecule has 0 aliphatic carbocycles. The van der Waals surface area contributed by atoms with E-state index in [-0.39, 0.29) is 18.6 Å². The summed E-state index contributed by atoms with van der Waals surface area (Å²) in [6, 6.07) is 6.75. The van der Waals surface area contributed by atoms with Crippen molar-refractivity contribution < 1.29 is 19.4 Å². The summed E-state index contributed by atoms with van der Waals surface area (Å²) in [6.45, 7) is 4.98. The molecular weight excluding hydrogens is 270 g/mol. The number of nitrogens with one attached hydrogen (secondary N) is 1. The minimum absolute atomic E-state index is 0.0616. The van der Waals surface area contributed by atoms with Crippen molar-refractivity contribution in [3.8, 4) is 5.75 Å². The summed E-state index contributed by atoms with van der Waals surface area (Å²) >= 11 is 0. The molecule has 1 amide bonds. The topological polar surface area (TPSA) is 67.8 Å². The van der Waals surface area contributed by atoms with E-state index in [2.05, 4.69) is 19.2 Å². The molecule has 0 saturated heterocycles. The molecule has 1 aromatic rings. The molecule has 0 bridgehead atoms. The molecule has 0 aromatic heterocycles. The summed E-state index contributed by atoms with van der Waals surface area (Å²) in [5, 5.41) is 12.2. The van der Waals surface area contributed by atoms with Crippen LogP contribution >= 0.6 is 0 Å². The number of benzene rings is 1. The lowest BCUT2D eigenvalue weighted by Crippen LogP contribution is -2.38. The van der Waals surface area contributed by atoms with Gasteiger partial charge in [-0.15, -0.1) is 0 Å². The molecule has 0 aliphatic heterocycles. The second-order valence-electron chi connectivity index (χ2n) is 5.35. The van der Waals surface area contributed by atoms with Crippen LogP contribution in [0.4, 0.5) is 0 Å². The number of rotatable bonds is 9.